The van der Waals surface area contributed by atoms with Gasteiger partial charge in [-0.3, -0.25) is 9.80 Å². The van der Waals surface area contributed by atoms with Crippen LogP contribution in [-0.4, -0.2) is 84.0 Å². The molecule has 2 aliphatic carbocycles. The number of carbonyl (C=O) groups excluding carboxylic acids is 1. The third-order valence-electron chi connectivity index (χ3n) is 8.99. The number of carbonyl (C=O) groups is 1. The molecule has 1 N–H and O–H groups in total. The van der Waals surface area contributed by atoms with Crippen molar-refractivity contribution in [2.24, 2.45) is 11.8 Å². The number of hydrogen-bond donors (Lipinski definition) is 1. The zero-order valence-corrected chi connectivity index (χ0v) is 20.6. The summed E-state index contributed by atoms with van der Waals surface area (Å²) in [6, 6.07) is 9.42. The lowest BCUT2D eigenvalue weighted by atomic mass is 9.85. The van der Waals surface area contributed by atoms with Gasteiger partial charge in [0.25, 0.3) is 5.92 Å². The van der Waals surface area contributed by atoms with Crippen LogP contribution in [0, 0.1) is 11.8 Å². The van der Waals surface area contributed by atoms with Gasteiger partial charge in [0.2, 0.25) is 0 Å². The lowest BCUT2D eigenvalue weighted by molar-refractivity contribution is -0.0971. The molecule has 2 amide bonds. The molecule has 0 spiro atoms. The summed E-state index contributed by atoms with van der Waals surface area (Å²) < 4.78 is 30.3. The van der Waals surface area contributed by atoms with Crippen LogP contribution in [0.25, 0.3) is 0 Å². The molecule has 2 saturated carbocycles. The third-order valence-corrected chi connectivity index (χ3v) is 8.99. The van der Waals surface area contributed by atoms with E-state index in [1.54, 1.807) is 0 Å². The maximum absolute atomic E-state index is 15.1. The van der Waals surface area contributed by atoms with Gasteiger partial charge in [0, 0.05) is 57.8 Å². The molecule has 5 rings (SSSR count). The van der Waals surface area contributed by atoms with Crippen LogP contribution in [0.2, 0.25) is 0 Å². The van der Waals surface area contributed by atoms with Gasteiger partial charge in [-0.05, 0) is 62.8 Å². The fourth-order valence-corrected chi connectivity index (χ4v) is 7.02. The molecule has 2 aliphatic heterocycles. The van der Waals surface area contributed by atoms with Crippen LogP contribution in [0.1, 0.15) is 57.4 Å². The van der Waals surface area contributed by atoms with Gasteiger partial charge in [-0.25, -0.2) is 13.6 Å². The first-order chi connectivity index (χ1) is 16.3. The Balaban J connectivity index is 1.20. The van der Waals surface area contributed by atoms with Crippen LogP contribution < -0.4 is 5.32 Å². The molecular weight excluding hydrogens is 434 g/mol. The van der Waals surface area contributed by atoms with Crippen molar-refractivity contribution in [2.75, 3.05) is 39.3 Å². The Morgan fingerprint density at radius 2 is 1.68 bits per heavy atom. The predicted octanol–water partition coefficient (Wildman–Crippen LogP) is 4.40. The summed E-state index contributed by atoms with van der Waals surface area (Å²) >= 11 is 0. The van der Waals surface area contributed by atoms with E-state index in [1.807, 2.05) is 11.0 Å². The van der Waals surface area contributed by atoms with Gasteiger partial charge < -0.3 is 10.2 Å². The number of benzene rings is 1. The minimum absolute atomic E-state index is 0.135. The van der Waals surface area contributed by atoms with Crippen molar-refractivity contribution in [3.63, 3.8) is 0 Å². The van der Waals surface area contributed by atoms with Crippen LogP contribution in [-0.2, 0) is 0 Å². The highest BCUT2D eigenvalue weighted by Crippen LogP contribution is 2.46. The number of nitrogens with zero attached hydrogens (tertiary/aromatic N) is 3. The fraction of sp³-hybridized carbons (Fsp3) is 0.741. The number of piperazine rings is 1. The average molecular weight is 475 g/mol. The topological polar surface area (TPSA) is 38.8 Å². The Morgan fingerprint density at radius 1 is 1.03 bits per heavy atom. The Kier molecular flexibility index (Phi) is 6.86. The van der Waals surface area contributed by atoms with Gasteiger partial charge >= 0.3 is 6.03 Å². The zero-order chi connectivity index (χ0) is 23.9. The number of fused-ring (bicyclic) bond motifs is 1. The lowest BCUT2D eigenvalue weighted by Gasteiger charge is -2.47. The number of rotatable bonds is 4. The number of amides is 2. The highest BCUT2D eigenvalue weighted by atomic mass is 19.3. The van der Waals surface area contributed by atoms with Gasteiger partial charge in [0.1, 0.15) is 6.04 Å². The fourth-order valence-electron chi connectivity index (χ4n) is 7.02. The lowest BCUT2D eigenvalue weighted by Crippen LogP contribution is -2.65. The first-order valence-electron chi connectivity index (χ1n) is 13.3. The number of likely N-dealkylation sites (tertiary alicyclic amines) is 1. The molecule has 1 unspecified atom stereocenters. The Labute approximate surface area is 202 Å². The number of hydrogen-bond acceptors (Lipinski definition) is 3. The zero-order valence-electron chi connectivity index (χ0n) is 20.6. The van der Waals surface area contributed by atoms with Crippen molar-refractivity contribution >= 4 is 6.03 Å². The molecule has 0 bridgehead atoms. The molecule has 1 aromatic rings. The van der Waals surface area contributed by atoms with E-state index < -0.39 is 12.0 Å². The number of alkyl halides is 2. The standard InChI is InChI=1S/C27H40F2N4O/c1-19(2)31-11-13-32(14-12-31)24-9-6-10-27(28,29)25(24)30-26(34)33-17-22-15-21(16-23(22)18-33)20-7-4-3-5-8-20/h3-5,7-8,19,21-25H,6,9-18H2,1-2H3,(H,30,34)/t21?,22-,23+,24-,25+/m0/s1. The summed E-state index contributed by atoms with van der Waals surface area (Å²) in [4.78, 5) is 19.6. The van der Waals surface area contributed by atoms with Gasteiger partial charge in [-0.15, -0.1) is 0 Å². The summed E-state index contributed by atoms with van der Waals surface area (Å²) in [5.41, 5.74) is 1.38. The summed E-state index contributed by atoms with van der Waals surface area (Å²) in [6.45, 7) is 9.13. The van der Waals surface area contributed by atoms with Gasteiger partial charge in [0.15, 0.2) is 0 Å². The van der Waals surface area contributed by atoms with E-state index in [0.717, 1.165) is 45.4 Å². The van der Waals surface area contributed by atoms with Crippen molar-refractivity contribution in [1.82, 2.24) is 20.0 Å². The van der Waals surface area contributed by atoms with Crippen molar-refractivity contribution in [3.05, 3.63) is 35.9 Å². The van der Waals surface area contributed by atoms with Gasteiger partial charge in [-0.2, -0.15) is 0 Å². The Hall–Kier alpha value is -1.73. The van der Waals surface area contributed by atoms with E-state index in [4.69, 9.17) is 0 Å². The second kappa shape index (κ2) is 9.73. The van der Waals surface area contributed by atoms with Crippen LogP contribution in [0.4, 0.5) is 13.6 Å². The van der Waals surface area contributed by atoms with Crippen LogP contribution >= 0.6 is 0 Å². The van der Waals surface area contributed by atoms with Crippen molar-refractivity contribution in [1.29, 1.82) is 0 Å². The van der Waals surface area contributed by atoms with Gasteiger partial charge in [-0.1, -0.05) is 30.3 Å². The monoisotopic (exact) mass is 474 g/mol. The number of halogens is 2. The Morgan fingerprint density at radius 3 is 2.29 bits per heavy atom. The Bertz CT molecular complexity index is 828. The van der Waals surface area contributed by atoms with Crippen molar-refractivity contribution < 1.29 is 13.6 Å². The minimum Gasteiger partial charge on any atom is -0.328 e. The van der Waals surface area contributed by atoms with E-state index >= 15 is 8.78 Å². The largest absolute Gasteiger partial charge is 0.328 e. The minimum atomic E-state index is -2.86. The molecule has 2 heterocycles. The molecule has 0 aromatic heterocycles. The van der Waals surface area contributed by atoms with Gasteiger partial charge in [0.05, 0.1) is 0 Å². The molecule has 4 fully saturated rings. The maximum atomic E-state index is 15.1. The molecule has 5 atom stereocenters. The molecule has 5 nitrogen and oxygen atoms in total. The average Bonchev–Trinajstić information content (AvgIpc) is 3.40. The third kappa shape index (κ3) is 4.83. The summed E-state index contributed by atoms with van der Waals surface area (Å²) in [5.74, 6) is -1.36. The molecule has 7 heteroatoms. The summed E-state index contributed by atoms with van der Waals surface area (Å²) in [5, 5.41) is 2.85. The van der Waals surface area contributed by atoms with E-state index in [0.29, 0.717) is 43.3 Å². The quantitative estimate of drug-likeness (QED) is 0.703. The number of nitrogens with one attached hydrogen (secondary N) is 1. The first kappa shape index (κ1) is 24.0. The molecule has 0 radical (unpaired) electrons. The van der Waals surface area contributed by atoms with Crippen molar-refractivity contribution in [3.8, 4) is 0 Å². The highest BCUT2D eigenvalue weighted by molar-refractivity contribution is 5.75. The SMILES string of the molecule is CC(C)N1CCN([C@H]2CCCC(F)(F)[C@@H]2NC(=O)N2C[C@H]3CC(c4ccccc4)C[C@H]3C2)CC1. The second-order valence-electron chi connectivity index (χ2n) is 11.3. The maximum Gasteiger partial charge on any atom is 0.317 e. The molecule has 2 saturated heterocycles. The highest BCUT2D eigenvalue weighted by Gasteiger charge is 2.51. The number of urea groups is 1. The van der Waals surface area contributed by atoms with E-state index in [-0.39, 0.29) is 18.5 Å². The normalized spacial score (nSPS) is 34.4. The summed E-state index contributed by atoms with van der Waals surface area (Å²) in [7, 11) is 0. The molecule has 34 heavy (non-hydrogen) atoms. The molecule has 1 aromatic carbocycles. The van der Waals surface area contributed by atoms with Crippen LogP contribution in [0.3, 0.4) is 0 Å². The van der Waals surface area contributed by atoms with Crippen molar-refractivity contribution in [2.45, 2.75) is 75.9 Å². The van der Waals surface area contributed by atoms with Crippen LogP contribution in [0.5, 0.6) is 0 Å². The molecule has 4 aliphatic rings. The first-order valence-corrected chi connectivity index (χ1v) is 13.3. The second-order valence-corrected chi connectivity index (χ2v) is 11.3. The predicted molar refractivity (Wildman–Crippen MR) is 130 cm³/mol. The van der Waals surface area contributed by atoms with E-state index in [9.17, 15) is 4.79 Å². The molecule has 188 valence electrons. The summed E-state index contributed by atoms with van der Waals surface area (Å²) in [6.07, 6.45) is 3.28. The van der Waals surface area contributed by atoms with Crippen LogP contribution in [0.15, 0.2) is 30.3 Å². The van der Waals surface area contributed by atoms with E-state index in [1.165, 1.54) is 5.56 Å². The smallest absolute Gasteiger partial charge is 0.317 e. The van der Waals surface area contributed by atoms with E-state index in [2.05, 4.69) is 53.2 Å². The molecular formula is C27H40F2N4O.